The number of carbonyl (C=O) groups excluding carboxylic acids is 1. The summed E-state index contributed by atoms with van der Waals surface area (Å²) in [7, 11) is 3.65. The second-order valence-corrected chi connectivity index (χ2v) is 4.90. The fourth-order valence-electron chi connectivity index (χ4n) is 2.45. The number of carbonyl (C=O) groups is 1. The Bertz CT molecular complexity index is 376. The molecule has 0 radical (unpaired) electrons. The molecule has 0 unspecified atom stereocenters. The smallest absolute Gasteiger partial charge is 0.222 e. The average Bonchev–Trinajstić information content (AvgIpc) is 2.74. The number of likely N-dealkylation sites (N-methyl/N-ethyl adjacent to an activating group) is 1. The van der Waals surface area contributed by atoms with Crippen LogP contribution in [0.5, 0.6) is 0 Å². The Labute approximate surface area is 108 Å². The molecule has 2 aliphatic rings. The van der Waals surface area contributed by atoms with Crippen LogP contribution in [0.2, 0.25) is 0 Å². The van der Waals surface area contributed by atoms with Crippen molar-refractivity contribution in [2.24, 2.45) is 5.16 Å². The number of likely N-dealkylation sites (tertiary alicyclic amines) is 1. The maximum atomic E-state index is 11.7. The van der Waals surface area contributed by atoms with Crippen LogP contribution in [0, 0.1) is 0 Å². The van der Waals surface area contributed by atoms with Gasteiger partial charge >= 0.3 is 0 Å². The molecule has 0 aliphatic carbocycles. The normalized spacial score (nSPS) is 22.3. The first kappa shape index (κ1) is 13.1. The lowest BCUT2D eigenvalue weighted by atomic mass is 10.0. The van der Waals surface area contributed by atoms with Gasteiger partial charge in [-0.3, -0.25) is 4.79 Å². The molecule has 0 N–H and O–H groups in total. The van der Waals surface area contributed by atoms with Gasteiger partial charge in [0.1, 0.15) is 12.8 Å². The Hall–Kier alpha value is -1.36. The number of nitrogens with zero attached hydrogens (tertiary/aromatic N) is 3. The minimum Gasteiger partial charge on any atom is -0.399 e. The zero-order valence-corrected chi connectivity index (χ0v) is 11.2. The lowest BCUT2D eigenvalue weighted by Crippen LogP contribution is -2.36. The summed E-state index contributed by atoms with van der Waals surface area (Å²) in [5.41, 5.74) is 2.07. The number of rotatable bonds is 4. The highest BCUT2D eigenvalue weighted by molar-refractivity contribution is 6.03. The standard InChI is InChI=1S/C13H21N3O2/c1-15-7-3-5-11(9-15)12(14-18-2)10-16-8-4-6-13(16)17/h5H,3-4,6-10H2,1-2H3/b14-12-. The third-order valence-electron chi connectivity index (χ3n) is 3.43. The van der Waals surface area contributed by atoms with Crippen molar-refractivity contribution in [1.82, 2.24) is 9.80 Å². The predicted molar refractivity (Wildman–Crippen MR) is 70.5 cm³/mol. The summed E-state index contributed by atoms with van der Waals surface area (Å²) >= 11 is 0. The van der Waals surface area contributed by atoms with E-state index in [-0.39, 0.29) is 5.91 Å². The molecule has 1 fully saturated rings. The molecule has 2 rings (SSSR count). The van der Waals surface area contributed by atoms with E-state index in [4.69, 9.17) is 4.84 Å². The topological polar surface area (TPSA) is 45.1 Å². The van der Waals surface area contributed by atoms with Crippen LogP contribution in [-0.2, 0) is 9.63 Å². The Morgan fingerprint density at radius 3 is 2.94 bits per heavy atom. The minimum absolute atomic E-state index is 0.226. The van der Waals surface area contributed by atoms with Crippen LogP contribution in [0.4, 0.5) is 0 Å². The number of oxime groups is 1. The third kappa shape index (κ3) is 3.10. The molecule has 2 aliphatic heterocycles. The van der Waals surface area contributed by atoms with Gasteiger partial charge in [-0.2, -0.15) is 0 Å². The Kier molecular flexibility index (Phi) is 4.36. The lowest BCUT2D eigenvalue weighted by molar-refractivity contribution is -0.127. The molecular weight excluding hydrogens is 230 g/mol. The van der Waals surface area contributed by atoms with Gasteiger partial charge in [0.15, 0.2) is 0 Å². The number of hydrogen-bond acceptors (Lipinski definition) is 4. The summed E-state index contributed by atoms with van der Waals surface area (Å²) in [6, 6.07) is 0. The number of hydrogen-bond donors (Lipinski definition) is 0. The van der Waals surface area contributed by atoms with Crippen molar-refractivity contribution in [3.8, 4) is 0 Å². The molecule has 0 aromatic rings. The molecule has 2 heterocycles. The van der Waals surface area contributed by atoms with Crippen molar-refractivity contribution >= 4 is 11.6 Å². The van der Waals surface area contributed by atoms with Crippen molar-refractivity contribution in [3.05, 3.63) is 11.6 Å². The van der Waals surface area contributed by atoms with Gasteiger partial charge < -0.3 is 14.6 Å². The molecule has 0 saturated carbocycles. The van der Waals surface area contributed by atoms with E-state index in [2.05, 4.69) is 23.2 Å². The van der Waals surface area contributed by atoms with E-state index in [1.807, 2.05) is 4.90 Å². The van der Waals surface area contributed by atoms with Crippen molar-refractivity contribution in [2.75, 3.05) is 40.3 Å². The average molecular weight is 251 g/mol. The van der Waals surface area contributed by atoms with Gasteiger partial charge in [-0.05, 0) is 25.5 Å². The minimum atomic E-state index is 0.226. The molecule has 0 spiro atoms. The summed E-state index contributed by atoms with van der Waals surface area (Å²) in [6.07, 6.45) is 4.86. The zero-order valence-electron chi connectivity index (χ0n) is 11.2. The lowest BCUT2D eigenvalue weighted by Gasteiger charge is -2.25. The number of amides is 1. The summed E-state index contributed by atoms with van der Waals surface area (Å²) in [5.74, 6) is 0.226. The van der Waals surface area contributed by atoms with Crippen molar-refractivity contribution in [2.45, 2.75) is 19.3 Å². The van der Waals surface area contributed by atoms with E-state index < -0.39 is 0 Å². The van der Waals surface area contributed by atoms with E-state index in [0.717, 1.165) is 38.2 Å². The van der Waals surface area contributed by atoms with Crippen LogP contribution in [0.1, 0.15) is 19.3 Å². The monoisotopic (exact) mass is 251 g/mol. The molecule has 1 saturated heterocycles. The highest BCUT2D eigenvalue weighted by atomic mass is 16.6. The van der Waals surface area contributed by atoms with Gasteiger partial charge in [0.25, 0.3) is 0 Å². The molecule has 0 bridgehead atoms. The first-order valence-corrected chi connectivity index (χ1v) is 6.46. The van der Waals surface area contributed by atoms with E-state index in [1.165, 1.54) is 5.57 Å². The summed E-state index contributed by atoms with van der Waals surface area (Å²) in [6.45, 7) is 3.37. The van der Waals surface area contributed by atoms with Gasteiger partial charge in [0.05, 0.1) is 6.54 Å². The van der Waals surface area contributed by atoms with Gasteiger partial charge in [-0.15, -0.1) is 0 Å². The van der Waals surface area contributed by atoms with E-state index in [9.17, 15) is 4.79 Å². The van der Waals surface area contributed by atoms with Crippen LogP contribution in [0.3, 0.4) is 0 Å². The Morgan fingerprint density at radius 2 is 2.33 bits per heavy atom. The van der Waals surface area contributed by atoms with Crippen LogP contribution >= 0.6 is 0 Å². The molecule has 0 aromatic carbocycles. The Morgan fingerprint density at radius 1 is 1.50 bits per heavy atom. The summed E-state index contributed by atoms with van der Waals surface area (Å²) in [4.78, 5) is 20.7. The second-order valence-electron chi connectivity index (χ2n) is 4.90. The molecule has 0 aromatic heterocycles. The van der Waals surface area contributed by atoms with E-state index >= 15 is 0 Å². The molecular formula is C13H21N3O2. The molecule has 1 amide bonds. The zero-order chi connectivity index (χ0) is 13.0. The maximum absolute atomic E-state index is 11.7. The van der Waals surface area contributed by atoms with Crippen LogP contribution < -0.4 is 0 Å². The predicted octanol–water partition coefficient (Wildman–Crippen LogP) is 0.873. The molecule has 5 heteroatoms. The SMILES string of the molecule is CO/N=C(/CN1CCCC1=O)C1=CCCN(C)C1. The van der Waals surface area contributed by atoms with Crippen molar-refractivity contribution in [1.29, 1.82) is 0 Å². The second kappa shape index (κ2) is 6.00. The van der Waals surface area contributed by atoms with Gasteiger partial charge in [0, 0.05) is 26.1 Å². The summed E-state index contributed by atoms with van der Waals surface area (Å²) in [5, 5.41) is 4.11. The molecule has 0 atom stereocenters. The van der Waals surface area contributed by atoms with Gasteiger partial charge in [-0.25, -0.2) is 0 Å². The Balaban J connectivity index is 2.06. The first-order valence-electron chi connectivity index (χ1n) is 6.46. The largest absolute Gasteiger partial charge is 0.399 e. The van der Waals surface area contributed by atoms with Gasteiger partial charge in [-0.1, -0.05) is 11.2 Å². The molecule has 18 heavy (non-hydrogen) atoms. The quantitative estimate of drug-likeness (QED) is 0.550. The maximum Gasteiger partial charge on any atom is 0.222 e. The highest BCUT2D eigenvalue weighted by Gasteiger charge is 2.24. The third-order valence-corrected chi connectivity index (χ3v) is 3.43. The van der Waals surface area contributed by atoms with Crippen molar-refractivity contribution < 1.29 is 9.63 Å². The fraction of sp³-hybridized carbons (Fsp3) is 0.692. The fourth-order valence-corrected chi connectivity index (χ4v) is 2.45. The first-order chi connectivity index (χ1) is 8.70. The summed E-state index contributed by atoms with van der Waals surface area (Å²) < 4.78 is 0. The molecule has 5 nitrogen and oxygen atoms in total. The highest BCUT2D eigenvalue weighted by Crippen LogP contribution is 2.14. The van der Waals surface area contributed by atoms with Crippen LogP contribution in [0.15, 0.2) is 16.8 Å². The molecule has 100 valence electrons. The van der Waals surface area contributed by atoms with Crippen LogP contribution in [0.25, 0.3) is 0 Å². The van der Waals surface area contributed by atoms with Crippen LogP contribution in [-0.4, -0.2) is 61.8 Å². The van der Waals surface area contributed by atoms with E-state index in [0.29, 0.717) is 13.0 Å². The van der Waals surface area contributed by atoms with Gasteiger partial charge in [0.2, 0.25) is 5.91 Å². The van der Waals surface area contributed by atoms with E-state index in [1.54, 1.807) is 7.11 Å². The van der Waals surface area contributed by atoms with Crippen molar-refractivity contribution in [3.63, 3.8) is 0 Å².